The Hall–Kier alpha value is -3.52. The van der Waals surface area contributed by atoms with Gasteiger partial charge in [0.2, 0.25) is 5.88 Å². The number of anilines is 1. The van der Waals surface area contributed by atoms with Crippen LogP contribution in [0.2, 0.25) is 0 Å². The molecule has 164 valence electrons. The third-order valence-corrected chi connectivity index (χ3v) is 5.65. The molecule has 32 heavy (non-hydrogen) atoms. The zero-order chi connectivity index (χ0) is 21.9. The molecule has 0 aromatic carbocycles. The van der Waals surface area contributed by atoms with E-state index >= 15 is 0 Å². The molecular formula is C24H27N7O. The summed E-state index contributed by atoms with van der Waals surface area (Å²) in [5, 5.41) is 8.63. The van der Waals surface area contributed by atoms with E-state index in [9.17, 15) is 0 Å². The van der Waals surface area contributed by atoms with E-state index < -0.39 is 0 Å². The molecule has 8 nitrogen and oxygen atoms in total. The number of aromatic amines is 1. The van der Waals surface area contributed by atoms with Crippen molar-refractivity contribution in [3.8, 4) is 17.1 Å². The Balaban J connectivity index is 1.32. The second kappa shape index (κ2) is 8.92. The van der Waals surface area contributed by atoms with E-state index in [1.165, 1.54) is 5.56 Å². The third kappa shape index (κ3) is 4.40. The van der Waals surface area contributed by atoms with Gasteiger partial charge in [-0.25, -0.2) is 9.97 Å². The lowest BCUT2D eigenvalue weighted by molar-refractivity contribution is 0.233. The first-order chi connectivity index (χ1) is 15.7. The fourth-order valence-electron chi connectivity index (χ4n) is 4.04. The van der Waals surface area contributed by atoms with Gasteiger partial charge in [-0.3, -0.25) is 15.0 Å². The fraction of sp³-hybridized carbons (Fsp3) is 0.333. The molecule has 5 heterocycles. The summed E-state index contributed by atoms with van der Waals surface area (Å²) in [6.45, 7) is 8.83. The monoisotopic (exact) mass is 429 g/mol. The zero-order valence-electron chi connectivity index (χ0n) is 18.4. The van der Waals surface area contributed by atoms with Gasteiger partial charge >= 0.3 is 0 Å². The Morgan fingerprint density at radius 1 is 1.00 bits per heavy atom. The lowest BCUT2D eigenvalue weighted by Crippen LogP contribution is -2.46. The summed E-state index contributed by atoms with van der Waals surface area (Å²) >= 11 is 0. The number of H-pyrrole nitrogens is 1. The summed E-state index contributed by atoms with van der Waals surface area (Å²) in [6.07, 6.45) is 7.41. The SMILES string of the molecule is CC(C)Oc1cc2c(-c3ccnc(N4CCN(Cc5ccncc5)CC4)c3)n[nH]c2cn1. The van der Waals surface area contributed by atoms with Gasteiger partial charge in [0.25, 0.3) is 0 Å². The Morgan fingerprint density at radius 2 is 1.81 bits per heavy atom. The van der Waals surface area contributed by atoms with Crippen LogP contribution in [0.4, 0.5) is 5.82 Å². The molecule has 0 amide bonds. The number of aromatic nitrogens is 5. The van der Waals surface area contributed by atoms with Gasteiger partial charge in [0.05, 0.1) is 17.8 Å². The van der Waals surface area contributed by atoms with E-state index in [2.05, 4.69) is 53.1 Å². The molecule has 1 fully saturated rings. The van der Waals surface area contributed by atoms with E-state index in [1.807, 2.05) is 44.6 Å². The Labute approximate surface area is 187 Å². The first-order valence-electron chi connectivity index (χ1n) is 11.0. The molecule has 8 heteroatoms. The van der Waals surface area contributed by atoms with Crippen molar-refractivity contribution < 1.29 is 4.74 Å². The number of piperazine rings is 1. The molecule has 0 unspecified atom stereocenters. The van der Waals surface area contributed by atoms with Gasteiger partial charge in [0, 0.05) is 68.3 Å². The van der Waals surface area contributed by atoms with Crippen molar-refractivity contribution in [1.82, 2.24) is 30.0 Å². The van der Waals surface area contributed by atoms with Crippen LogP contribution >= 0.6 is 0 Å². The molecule has 4 aromatic heterocycles. The van der Waals surface area contributed by atoms with Gasteiger partial charge in [0.1, 0.15) is 11.5 Å². The Kier molecular flexibility index (Phi) is 5.68. The molecule has 0 spiro atoms. The Bertz CT molecular complexity index is 1180. The molecule has 1 aliphatic heterocycles. The average Bonchev–Trinajstić information content (AvgIpc) is 3.23. The third-order valence-electron chi connectivity index (χ3n) is 5.65. The van der Waals surface area contributed by atoms with E-state index in [0.29, 0.717) is 5.88 Å². The standard InChI is InChI=1S/C24H27N7O/c1-17(2)32-23-14-20-21(15-27-23)28-29-24(20)19-5-8-26-22(13-19)31-11-9-30(10-12-31)16-18-3-6-25-7-4-18/h3-8,13-15,17H,9-12,16H2,1-2H3,(H,28,29). The highest BCUT2D eigenvalue weighted by Gasteiger charge is 2.19. The maximum atomic E-state index is 5.77. The van der Waals surface area contributed by atoms with Crippen molar-refractivity contribution in [2.24, 2.45) is 0 Å². The number of nitrogens with one attached hydrogen (secondary N) is 1. The van der Waals surface area contributed by atoms with Crippen LogP contribution in [0.15, 0.2) is 55.1 Å². The van der Waals surface area contributed by atoms with Gasteiger partial charge in [0.15, 0.2) is 0 Å². The van der Waals surface area contributed by atoms with E-state index in [0.717, 1.165) is 60.7 Å². The van der Waals surface area contributed by atoms with Crippen molar-refractivity contribution in [3.63, 3.8) is 0 Å². The molecule has 1 saturated heterocycles. The van der Waals surface area contributed by atoms with Crippen LogP contribution in [-0.2, 0) is 6.54 Å². The maximum Gasteiger partial charge on any atom is 0.214 e. The summed E-state index contributed by atoms with van der Waals surface area (Å²) in [4.78, 5) is 17.9. The minimum atomic E-state index is 0.0695. The van der Waals surface area contributed by atoms with Crippen molar-refractivity contribution in [1.29, 1.82) is 0 Å². The average molecular weight is 430 g/mol. The van der Waals surface area contributed by atoms with E-state index in [1.54, 1.807) is 6.20 Å². The van der Waals surface area contributed by atoms with Crippen LogP contribution in [0.3, 0.4) is 0 Å². The summed E-state index contributed by atoms with van der Waals surface area (Å²) in [5.41, 5.74) is 4.10. The highest BCUT2D eigenvalue weighted by Crippen LogP contribution is 2.30. The molecule has 0 saturated carbocycles. The minimum Gasteiger partial charge on any atom is -0.475 e. The van der Waals surface area contributed by atoms with Crippen molar-refractivity contribution in [2.75, 3.05) is 31.1 Å². The summed E-state index contributed by atoms with van der Waals surface area (Å²) in [6, 6.07) is 10.2. The fourth-order valence-corrected chi connectivity index (χ4v) is 4.04. The predicted molar refractivity (Wildman–Crippen MR) is 125 cm³/mol. The van der Waals surface area contributed by atoms with Crippen LogP contribution < -0.4 is 9.64 Å². The summed E-state index contributed by atoms with van der Waals surface area (Å²) in [7, 11) is 0. The molecule has 0 bridgehead atoms. The molecule has 0 aliphatic carbocycles. The lowest BCUT2D eigenvalue weighted by atomic mass is 10.1. The number of pyridine rings is 3. The number of fused-ring (bicyclic) bond motifs is 1. The number of ether oxygens (including phenoxy) is 1. The molecule has 5 rings (SSSR count). The zero-order valence-corrected chi connectivity index (χ0v) is 18.4. The lowest BCUT2D eigenvalue weighted by Gasteiger charge is -2.35. The predicted octanol–water partition coefficient (Wildman–Crippen LogP) is 3.52. The second-order valence-corrected chi connectivity index (χ2v) is 8.33. The maximum absolute atomic E-state index is 5.77. The van der Waals surface area contributed by atoms with E-state index in [-0.39, 0.29) is 6.10 Å². The highest BCUT2D eigenvalue weighted by atomic mass is 16.5. The topological polar surface area (TPSA) is 83.1 Å². The minimum absolute atomic E-state index is 0.0695. The first kappa shape index (κ1) is 20.4. The van der Waals surface area contributed by atoms with Crippen LogP contribution in [0.25, 0.3) is 22.2 Å². The quantitative estimate of drug-likeness (QED) is 0.502. The van der Waals surface area contributed by atoms with Crippen molar-refractivity contribution in [2.45, 2.75) is 26.5 Å². The largest absolute Gasteiger partial charge is 0.475 e. The van der Waals surface area contributed by atoms with Gasteiger partial charge < -0.3 is 9.64 Å². The van der Waals surface area contributed by atoms with Crippen LogP contribution in [0.5, 0.6) is 5.88 Å². The van der Waals surface area contributed by atoms with Gasteiger partial charge in [-0.2, -0.15) is 5.10 Å². The Morgan fingerprint density at radius 3 is 2.59 bits per heavy atom. The van der Waals surface area contributed by atoms with Crippen LogP contribution in [-0.4, -0.2) is 62.3 Å². The van der Waals surface area contributed by atoms with Crippen LogP contribution in [0.1, 0.15) is 19.4 Å². The van der Waals surface area contributed by atoms with Gasteiger partial charge in [-0.15, -0.1) is 0 Å². The van der Waals surface area contributed by atoms with Crippen LogP contribution in [0, 0.1) is 0 Å². The van der Waals surface area contributed by atoms with Crippen molar-refractivity contribution in [3.05, 3.63) is 60.7 Å². The number of rotatable bonds is 6. The molecule has 1 aliphatic rings. The van der Waals surface area contributed by atoms with Crippen molar-refractivity contribution >= 4 is 16.7 Å². The van der Waals surface area contributed by atoms with Gasteiger partial charge in [-0.05, 0) is 43.7 Å². The number of hydrogen-bond donors (Lipinski definition) is 1. The first-order valence-corrected chi connectivity index (χ1v) is 11.0. The molecule has 1 N–H and O–H groups in total. The second-order valence-electron chi connectivity index (χ2n) is 8.33. The summed E-state index contributed by atoms with van der Waals surface area (Å²) < 4.78 is 5.77. The molecular weight excluding hydrogens is 402 g/mol. The molecule has 4 aromatic rings. The number of hydrogen-bond acceptors (Lipinski definition) is 7. The van der Waals surface area contributed by atoms with Gasteiger partial charge in [-0.1, -0.05) is 0 Å². The normalized spacial score (nSPS) is 14.9. The highest BCUT2D eigenvalue weighted by molar-refractivity contribution is 5.93. The molecule has 0 atom stereocenters. The smallest absolute Gasteiger partial charge is 0.214 e. The van der Waals surface area contributed by atoms with E-state index in [4.69, 9.17) is 4.74 Å². The summed E-state index contributed by atoms with van der Waals surface area (Å²) in [5.74, 6) is 1.59. The number of nitrogens with zero attached hydrogens (tertiary/aromatic N) is 6. The molecule has 0 radical (unpaired) electrons.